The molecule has 2 radical (unpaired) electrons. The lowest BCUT2D eigenvalue weighted by molar-refractivity contribution is -0.208. The van der Waals surface area contributed by atoms with Gasteiger partial charge in [0.25, 0.3) is 0 Å². The van der Waals surface area contributed by atoms with Crippen molar-refractivity contribution in [2.24, 2.45) is 0 Å². The normalized spacial score (nSPS) is 8.62. The van der Waals surface area contributed by atoms with Gasteiger partial charge in [0.1, 0.15) is 0 Å². The molecule has 1 aromatic carbocycles. The third-order valence-electron chi connectivity index (χ3n) is 0.775. The maximum atomic E-state index is 9.61. The van der Waals surface area contributed by atoms with E-state index in [0.29, 0.717) is 5.75 Å². The number of rotatable bonds is 1. The van der Waals surface area contributed by atoms with E-state index in [1.54, 1.807) is 18.2 Å². The first-order valence-corrected chi connectivity index (χ1v) is 2.19. The van der Waals surface area contributed by atoms with Crippen LogP contribution in [0.5, 0.6) is 5.75 Å². The summed E-state index contributed by atoms with van der Waals surface area (Å²) in [6.45, 7) is 0. The zero-order valence-electron chi connectivity index (χ0n) is 4.13. The first-order chi connectivity index (χ1) is 3.93. The summed E-state index contributed by atoms with van der Waals surface area (Å²) >= 11 is 0. The Balaban J connectivity index is 2.83. The van der Waals surface area contributed by atoms with Crippen LogP contribution in [0.15, 0.2) is 24.3 Å². The lowest BCUT2D eigenvalue weighted by atomic mass is 10.3. The highest BCUT2D eigenvalue weighted by Crippen LogP contribution is 2.05. The maximum absolute atomic E-state index is 9.61. The van der Waals surface area contributed by atoms with E-state index in [-0.39, 0.29) is 0 Å². The second kappa shape index (κ2) is 2.33. The highest BCUT2D eigenvalue weighted by molar-refractivity contribution is 5.18. The van der Waals surface area contributed by atoms with Crippen LogP contribution in [0.1, 0.15) is 0 Å². The van der Waals surface area contributed by atoms with Crippen molar-refractivity contribution >= 4 is 0 Å². The fourth-order valence-electron chi connectivity index (χ4n) is 0.429. The Labute approximate surface area is 47.3 Å². The summed E-state index contributed by atoms with van der Waals surface area (Å²) in [4.78, 5) is 3.63. The van der Waals surface area contributed by atoms with Crippen molar-refractivity contribution in [1.29, 1.82) is 0 Å². The van der Waals surface area contributed by atoms with Crippen molar-refractivity contribution in [2.45, 2.75) is 0 Å². The van der Waals surface area contributed by atoms with Crippen molar-refractivity contribution in [2.75, 3.05) is 0 Å². The molecule has 0 heterocycles. The van der Waals surface area contributed by atoms with E-state index >= 15 is 0 Å². The lowest BCUT2D eigenvalue weighted by Crippen LogP contribution is -1.77. The molecular weight excluding hydrogens is 104 g/mol. The standard InChI is InChI=1S/C6H4O2/c7-8-6-4-2-1-3-5-6/h1-2,4-5H. The van der Waals surface area contributed by atoms with Crippen LogP contribution >= 0.6 is 0 Å². The summed E-state index contributed by atoms with van der Waals surface area (Å²) in [7, 11) is 0. The van der Waals surface area contributed by atoms with Crippen molar-refractivity contribution in [3.63, 3.8) is 0 Å². The van der Waals surface area contributed by atoms with Gasteiger partial charge in [-0.25, -0.2) is 0 Å². The van der Waals surface area contributed by atoms with Gasteiger partial charge in [-0.2, -0.15) is 0 Å². The second-order valence-electron chi connectivity index (χ2n) is 1.32. The predicted octanol–water partition coefficient (Wildman–Crippen LogP) is 1.21. The molecule has 0 atom stereocenters. The van der Waals surface area contributed by atoms with Crippen LogP contribution in [0, 0.1) is 6.07 Å². The van der Waals surface area contributed by atoms with Crippen LogP contribution in [0.3, 0.4) is 0 Å². The van der Waals surface area contributed by atoms with Gasteiger partial charge in [-0.15, -0.1) is 0 Å². The van der Waals surface area contributed by atoms with Gasteiger partial charge in [-0.05, 0) is 18.2 Å². The van der Waals surface area contributed by atoms with Gasteiger partial charge in [0, 0.05) is 5.26 Å². The van der Waals surface area contributed by atoms with Gasteiger partial charge in [0.15, 0.2) is 5.75 Å². The molecule has 0 spiro atoms. The first-order valence-electron chi connectivity index (χ1n) is 2.19. The minimum Gasteiger partial charge on any atom is -0.305 e. The van der Waals surface area contributed by atoms with Crippen LogP contribution in [0.4, 0.5) is 0 Å². The third-order valence-corrected chi connectivity index (χ3v) is 0.775. The predicted molar refractivity (Wildman–Crippen MR) is 26.6 cm³/mol. The molecule has 40 valence electrons. The molecule has 0 saturated carbocycles. The molecule has 0 unspecified atom stereocenters. The molecule has 0 fully saturated rings. The summed E-state index contributed by atoms with van der Waals surface area (Å²) in [6.07, 6.45) is 0. The Morgan fingerprint density at radius 1 is 1.62 bits per heavy atom. The highest BCUT2D eigenvalue weighted by atomic mass is 17.1. The van der Waals surface area contributed by atoms with Crippen molar-refractivity contribution in [1.82, 2.24) is 0 Å². The number of benzene rings is 1. The van der Waals surface area contributed by atoms with E-state index in [4.69, 9.17) is 0 Å². The highest BCUT2D eigenvalue weighted by Gasteiger charge is 1.84. The number of hydrogen-bond donors (Lipinski definition) is 0. The zero-order chi connectivity index (χ0) is 5.82. The molecule has 0 aliphatic heterocycles. The average molecular weight is 108 g/mol. The fraction of sp³-hybridized carbons (Fsp3) is 0. The molecule has 2 nitrogen and oxygen atoms in total. The lowest BCUT2D eigenvalue weighted by Gasteiger charge is -1.87. The summed E-state index contributed by atoms with van der Waals surface area (Å²) in [5, 5.41) is 9.61. The van der Waals surface area contributed by atoms with E-state index in [0.717, 1.165) is 0 Å². The maximum Gasteiger partial charge on any atom is 0.169 e. The Kier molecular flexibility index (Phi) is 1.49. The van der Waals surface area contributed by atoms with E-state index in [2.05, 4.69) is 11.0 Å². The Bertz CT molecular complexity index is 148. The van der Waals surface area contributed by atoms with E-state index in [9.17, 15) is 5.26 Å². The summed E-state index contributed by atoms with van der Waals surface area (Å²) in [5.74, 6) is 0.299. The van der Waals surface area contributed by atoms with Gasteiger partial charge in [0.2, 0.25) is 0 Å². The fourth-order valence-corrected chi connectivity index (χ4v) is 0.429. The first kappa shape index (κ1) is 5.12. The molecule has 0 saturated heterocycles. The second-order valence-corrected chi connectivity index (χ2v) is 1.32. The molecule has 1 aromatic rings. The quantitative estimate of drug-likeness (QED) is 0.392. The molecule has 0 aromatic heterocycles. The van der Waals surface area contributed by atoms with E-state index < -0.39 is 0 Å². The van der Waals surface area contributed by atoms with E-state index in [1.807, 2.05) is 0 Å². The minimum absolute atomic E-state index is 0.299. The summed E-state index contributed by atoms with van der Waals surface area (Å²) in [6, 6.07) is 9.12. The van der Waals surface area contributed by atoms with Crippen molar-refractivity contribution in [3.05, 3.63) is 30.3 Å². The van der Waals surface area contributed by atoms with Gasteiger partial charge < -0.3 is 4.89 Å². The SMILES string of the molecule is [O]Oc1c[c]ccc1. The van der Waals surface area contributed by atoms with Crippen LogP contribution in [-0.4, -0.2) is 0 Å². The molecule has 8 heavy (non-hydrogen) atoms. The van der Waals surface area contributed by atoms with Gasteiger partial charge >= 0.3 is 0 Å². The summed E-state index contributed by atoms with van der Waals surface area (Å²) in [5.41, 5.74) is 0. The Morgan fingerprint density at radius 2 is 2.50 bits per heavy atom. The van der Waals surface area contributed by atoms with Gasteiger partial charge in [-0.1, -0.05) is 12.1 Å². The van der Waals surface area contributed by atoms with Crippen molar-refractivity contribution < 1.29 is 10.1 Å². The monoisotopic (exact) mass is 108 g/mol. The largest absolute Gasteiger partial charge is 0.305 e. The van der Waals surface area contributed by atoms with Gasteiger partial charge in [-0.3, -0.25) is 0 Å². The molecule has 0 aliphatic carbocycles. The Morgan fingerprint density at radius 3 is 2.88 bits per heavy atom. The van der Waals surface area contributed by atoms with Crippen LogP contribution in [0.2, 0.25) is 0 Å². The third kappa shape index (κ3) is 0.978. The molecule has 0 aliphatic rings. The van der Waals surface area contributed by atoms with Crippen LogP contribution < -0.4 is 4.89 Å². The topological polar surface area (TPSA) is 29.1 Å². The van der Waals surface area contributed by atoms with Crippen LogP contribution in [0.25, 0.3) is 0 Å². The van der Waals surface area contributed by atoms with Crippen molar-refractivity contribution in [3.8, 4) is 5.75 Å². The Hall–Kier alpha value is -1.02. The van der Waals surface area contributed by atoms with Gasteiger partial charge in [0.05, 0.1) is 0 Å². The summed E-state index contributed by atoms with van der Waals surface area (Å²) < 4.78 is 0. The zero-order valence-corrected chi connectivity index (χ0v) is 4.13. The van der Waals surface area contributed by atoms with E-state index in [1.165, 1.54) is 6.07 Å². The molecule has 1 rings (SSSR count). The average Bonchev–Trinajstić information content (AvgIpc) is 1.90. The molecule has 2 heteroatoms. The molecule has 0 N–H and O–H groups in total. The number of hydrogen-bond acceptors (Lipinski definition) is 1. The smallest absolute Gasteiger partial charge is 0.169 e. The molecule has 0 amide bonds. The molecule has 0 bridgehead atoms. The molecular formula is C6H4O2. The minimum atomic E-state index is 0.299. The van der Waals surface area contributed by atoms with Crippen LogP contribution in [-0.2, 0) is 5.26 Å².